The first-order chi connectivity index (χ1) is 8.20. The molecule has 6 heteroatoms. The Kier molecular flexibility index (Phi) is 3.71. The molecule has 0 radical (unpaired) electrons. The highest BCUT2D eigenvalue weighted by atomic mass is 35.5. The fourth-order valence-electron chi connectivity index (χ4n) is 1.36. The molecule has 0 saturated heterocycles. The van der Waals surface area contributed by atoms with Crippen LogP contribution in [-0.2, 0) is 6.42 Å². The van der Waals surface area contributed by atoms with Gasteiger partial charge in [-0.1, -0.05) is 16.8 Å². The molecule has 0 atom stereocenters. The van der Waals surface area contributed by atoms with Crippen molar-refractivity contribution < 1.29 is 8.91 Å². The maximum Gasteiger partial charge on any atom is 0.259 e. The number of likely N-dealkylation sites (N-methyl/N-ethyl adjacent to an activating group) is 1. The van der Waals surface area contributed by atoms with E-state index < -0.39 is 5.82 Å². The van der Waals surface area contributed by atoms with Crippen LogP contribution in [0.25, 0.3) is 11.5 Å². The van der Waals surface area contributed by atoms with Crippen LogP contribution in [0.5, 0.6) is 0 Å². The van der Waals surface area contributed by atoms with Crippen molar-refractivity contribution in [3.05, 3.63) is 34.9 Å². The zero-order chi connectivity index (χ0) is 12.3. The molecule has 0 bridgehead atoms. The molecule has 4 nitrogen and oxygen atoms in total. The molecular weight excluding hydrogens is 245 g/mol. The second-order valence-corrected chi connectivity index (χ2v) is 3.90. The van der Waals surface area contributed by atoms with E-state index in [1.54, 1.807) is 0 Å². The number of rotatable bonds is 4. The van der Waals surface area contributed by atoms with Gasteiger partial charge >= 0.3 is 0 Å². The zero-order valence-electron chi connectivity index (χ0n) is 9.20. The molecule has 0 unspecified atom stereocenters. The van der Waals surface area contributed by atoms with Gasteiger partial charge in [-0.15, -0.1) is 0 Å². The summed E-state index contributed by atoms with van der Waals surface area (Å²) >= 11 is 5.90. The summed E-state index contributed by atoms with van der Waals surface area (Å²) < 4.78 is 17.9. The minimum atomic E-state index is -0.395. The Hall–Kier alpha value is -1.46. The van der Waals surface area contributed by atoms with Gasteiger partial charge in [0.1, 0.15) is 5.82 Å². The molecule has 0 aliphatic carbocycles. The average molecular weight is 256 g/mol. The Morgan fingerprint density at radius 3 is 3.00 bits per heavy atom. The van der Waals surface area contributed by atoms with E-state index in [1.807, 2.05) is 7.05 Å². The molecular formula is C11H11ClFN3O. The summed E-state index contributed by atoms with van der Waals surface area (Å²) in [6, 6.07) is 4.04. The maximum atomic E-state index is 12.9. The molecule has 0 amide bonds. The van der Waals surface area contributed by atoms with Crippen molar-refractivity contribution in [3.63, 3.8) is 0 Å². The van der Waals surface area contributed by atoms with Crippen LogP contribution in [0.2, 0.25) is 5.02 Å². The zero-order valence-corrected chi connectivity index (χ0v) is 9.96. The standard InChI is InChI=1S/C11H11ClFN3O/c1-14-5-4-10-15-11(17-16-10)8-3-2-7(13)6-9(8)12/h2-3,6,14H,4-5H2,1H3. The fraction of sp³-hybridized carbons (Fsp3) is 0.273. The van der Waals surface area contributed by atoms with Crippen molar-refractivity contribution in [2.24, 2.45) is 0 Å². The van der Waals surface area contributed by atoms with Gasteiger partial charge in [-0.05, 0) is 25.2 Å². The molecule has 2 rings (SSSR count). The molecule has 0 spiro atoms. The summed E-state index contributed by atoms with van der Waals surface area (Å²) in [6.07, 6.45) is 0.665. The van der Waals surface area contributed by atoms with Crippen LogP contribution in [-0.4, -0.2) is 23.7 Å². The monoisotopic (exact) mass is 255 g/mol. The van der Waals surface area contributed by atoms with Crippen molar-refractivity contribution in [3.8, 4) is 11.5 Å². The lowest BCUT2D eigenvalue weighted by Crippen LogP contribution is -2.10. The molecule has 90 valence electrons. The van der Waals surface area contributed by atoms with Gasteiger partial charge in [-0.3, -0.25) is 0 Å². The number of halogens is 2. The van der Waals surface area contributed by atoms with Gasteiger partial charge in [0.25, 0.3) is 5.89 Å². The van der Waals surface area contributed by atoms with Crippen LogP contribution in [0.3, 0.4) is 0 Å². The molecule has 1 N–H and O–H groups in total. The number of nitrogens with one attached hydrogen (secondary N) is 1. The third-order valence-corrected chi connectivity index (χ3v) is 2.54. The van der Waals surface area contributed by atoms with Gasteiger partial charge in [-0.25, -0.2) is 4.39 Å². The SMILES string of the molecule is CNCCc1noc(-c2ccc(F)cc2Cl)n1. The Bertz CT molecular complexity index is 515. The van der Waals surface area contributed by atoms with Gasteiger partial charge < -0.3 is 9.84 Å². The van der Waals surface area contributed by atoms with Gasteiger partial charge in [0.05, 0.1) is 10.6 Å². The Morgan fingerprint density at radius 1 is 1.47 bits per heavy atom. The number of hydrogen-bond donors (Lipinski definition) is 1. The lowest BCUT2D eigenvalue weighted by molar-refractivity contribution is 0.422. The minimum absolute atomic E-state index is 0.258. The lowest BCUT2D eigenvalue weighted by Gasteiger charge is -1.97. The van der Waals surface area contributed by atoms with Crippen molar-refractivity contribution in [1.82, 2.24) is 15.5 Å². The number of benzene rings is 1. The largest absolute Gasteiger partial charge is 0.334 e. The van der Waals surface area contributed by atoms with E-state index in [9.17, 15) is 4.39 Å². The quantitative estimate of drug-likeness (QED) is 0.911. The second-order valence-electron chi connectivity index (χ2n) is 3.49. The first-order valence-electron chi connectivity index (χ1n) is 5.13. The molecule has 0 aliphatic rings. The highest BCUT2D eigenvalue weighted by molar-refractivity contribution is 6.33. The average Bonchev–Trinajstić information content (AvgIpc) is 2.75. The van der Waals surface area contributed by atoms with Gasteiger partial charge in [0.2, 0.25) is 0 Å². The maximum absolute atomic E-state index is 12.9. The number of nitrogens with zero attached hydrogens (tertiary/aromatic N) is 2. The molecule has 2 aromatic rings. The molecule has 1 aromatic heterocycles. The minimum Gasteiger partial charge on any atom is -0.334 e. The first-order valence-corrected chi connectivity index (χ1v) is 5.51. The van der Waals surface area contributed by atoms with E-state index in [0.29, 0.717) is 23.7 Å². The van der Waals surface area contributed by atoms with E-state index >= 15 is 0 Å². The van der Waals surface area contributed by atoms with E-state index in [2.05, 4.69) is 15.5 Å². The highest BCUT2D eigenvalue weighted by Crippen LogP contribution is 2.26. The summed E-state index contributed by atoms with van der Waals surface area (Å²) in [5, 5.41) is 7.06. The number of aromatic nitrogens is 2. The molecule has 1 aromatic carbocycles. The normalized spacial score (nSPS) is 10.8. The van der Waals surface area contributed by atoms with E-state index in [4.69, 9.17) is 16.1 Å². The summed E-state index contributed by atoms with van der Waals surface area (Å²) in [7, 11) is 1.85. The van der Waals surface area contributed by atoms with Crippen molar-refractivity contribution in [1.29, 1.82) is 0 Å². The summed E-state index contributed by atoms with van der Waals surface area (Å²) in [5.41, 5.74) is 0.538. The summed E-state index contributed by atoms with van der Waals surface area (Å²) in [6.45, 7) is 0.760. The third kappa shape index (κ3) is 2.81. The van der Waals surface area contributed by atoms with Crippen LogP contribution < -0.4 is 5.32 Å². The van der Waals surface area contributed by atoms with Gasteiger partial charge in [0.15, 0.2) is 5.82 Å². The fourth-order valence-corrected chi connectivity index (χ4v) is 1.61. The Morgan fingerprint density at radius 2 is 2.29 bits per heavy atom. The molecule has 0 aliphatic heterocycles. The van der Waals surface area contributed by atoms with E-state index in [-0.39, 0.29) is 5.02 Å². The Labute approximate surface area is 103 Å². The molecule has 1 heterocycles. The molecule has 17 heavy (non-hydrogen) atoms. The lowest BCUT2D eigenvalue weighted by atomic mass is 10.2. The van der Waals surface area contributed by atoms with Crippen LogP contribution in [0, 0.1) is 5.82 Å². The smallest absolute Gasteiger partial charge is 0.259 e. The van der Waals surface area contributed by atoms with Gasteiger partial charge in [0, 0.05) is 13.0 Å². The predicted molar refractivity (Wildman–Crippen MR) is 62.3 cm³/mol. The van der Waals surface area contributed by atoms with Gasteiger partial charge in [-0.2, -0.15) is 4.98 Å². The van der Waals surface area contributed by atoms with E-state index in [0.717, 1.165) is 6.54 Å². The third-order valence-electron chi connectivity index (χ3n) is 2.23. The predicted octanol–water partition coefficient (Wildman–Crippen LogP) is 2.29. The van der Waals surface area contributed by atoms with Crippen LogP contribution in [0.15, 0.2) is 22.7 Å². The van der Waals surface area contributed by atoms with Crippen molar-refractivity contribution in [2.45, 2.75) is 6.42 Å². The highest BCUT2D eigenvalue weighted by Gasteiger charge is 2.12. The van der Waals surface area contributed by atoms with Crippen LogP contribution in [0.4, 0.5) is 4.39 Å². The molecule has 0 saturated carbocycles. The van der Waals surface area contributed by atoms with Crippen molar-refractivity contribution in [2.75, 3.05) is 13.6 Å². The summed E-state index contributed by atoms with van der Waals surface area (Å²) in [5.74, 6) is 0.504. The van der Waals surface area contributed by atoms with E-state index in [1.165, 1.54) is 18.2 Å². The topological polar surface area (TPSA) is 51.0 Å². The van der Waals surface area contributed by atoms with Crippen LogP contribution >= 0.6 is 11.6 Å². The first kappa shape index (κ1) is 12.0. The van der Waals surface area contributed by atoms with Crippen molar-refractivity contribution >= 4 is 11.6 Å². The summed E-state index contributed by atoms with van der Waals surface area (Å²) in [4.78, 5) is 4.18. The molecule has 0 fully saturated rings. The van der Waals surface area contributed by atoms with Crippen LogP contribution in [0.1, 0.15) is 5.82 Å². The number of hydrogen-bond acceptors (Lipinski definition) is 4. The Balaban J connectivity index is 2.24. The second kappa shape index (κ2) is 5.25.